The smallest absolute Gasteiger partial charge is 0.435 e. The van der Waals surface area contributed by atoms with Crippen molar-refractivity contribution in [2.75, 3.05) is 7.11 Å². The van der Waals surface area contributed by atoms with Crippen LogP contribution in [-0.2, 0) is 0 Å². The van der Waals surface area contributed by atoms with E-state index >= 15 is 0 Å². The predicted molar refractivity (Wildman–Crippen MR) is 104 cm³/mol. The molecule has 2 aromatic carbocycles. The summed E-state index contributed by atoms with van der Waals surface area (Å²) in [7, 11) is 1.39. The van der Waals surface area contributed by atoms with Crippen LogP contribution in [0, 0.1) is 6.92 Å². The van der Waals surface area contributed by atoms with Crippen molar-refractivity contribution in [2.45, 2.75) is 13.1 Å². The number of aromatic nitrogens is 2. The van der Waals surface area contributed by atoms with Crippen molar-refractivity contribution in [1.29, 1.82) is 0 Å². The van der Waals surface area contributed by atoms with Gasteiger partial charge in [-0.3, -0.25) is 14.7 Å². The van der Waals surface area contributed by atoms with Crippen molar-refractivity contribution < 1.29 is 22.7 Å². The van der Waals surface area contributed by atoms with Crippen LogP contribution in [0.1, 0.15) is 21.6 Å². The highest BCUT2D eigenvalue weighted by Crippen LogP contribution is 2.23. The molecule has 0 aliphatic carbocycles. The number of H-pyrrole nitrogens is 1. The molecule has 0 saturated heterocycles. The maximum atomic E-state index is 13.7. The molecule has 3 aromatic rings. The zero-order chi connectivity index (χ0) is 21.9. The second kappa shape index (κ2) is 8.27. The van der Waals surface area contributed by atoms with Gasteiger partial charge in [-0.1, -0.05) is 24.3 Å². The average molecular weight is 418 g/mol. The molecular formula is C20H17F3N4O3. The molecule has 1 heterocycles. The van der Waals surface area contributed by atoms with E-state index in [0.717, 1.165) is 4.68 Å². The van der Waals surface area contributed by atoms with E-state index in [1.54, 1.807) is 36.4 Å². The van der Waals surface area contributed by atoms with Crippen LogP contribution in [0.15, 0.2) is 64.5 Å². The van der Waals surface area contributed by atoms with Gasteiger partial charge >= 0.3 is 6.18 Å². The summed E-state index contributed by atoms with van der Waals surface area (Å²) in [6.07, 6.45) is -4.98. The molecule has 1 amide bonds. The number of nitrogens with one attached hydrogen (secondary N) is 2. The number of alkyl halides is 3. The molecule has 0 saturated carbocycles. The summed E-state index contributed by atoms with van der Waals surface area (Å²) in [6.45, 7) is 1.32. The Balaban J connectivity index is 2.01. The SMILES string of the molecule is COc1cccc(C(=O)NN=C(c2c(C)[nH]n(-c3ccccc3)c2=O)C(F)(F)F)c1. The van der Waals surface area contributed by atoms with E-state index in [1.165, 1.54) is 32.2 Å². The Labute approximate surface area is 168 Å². The van der Waals surface area contributed by atoms with E-state index in [4.69, 9.17) is 4.74 Å². The standard InChI is InChI=1S/C20H17F3N4O3/c1-12-16(19(29)27(26-12)14-8-4-3-5-9-14)17(20(21,22)23)24-25-18(28)13-7-6-10-15(11-13)30-2/h3-11,26H,1-2H3,(H,25,28). The second-order valence-corrected chi connectivity index (χ2v) is 6.22. The maximum absolute atomic E-state index is 13.7. The van der Waals surface area contributed by atoms with Gasteiger partial charge in [-0.05, 0) is 37.3 Å². The van der Waals surface area contributed by atoms with Gasteiger partial charge in [0.05, 0.1) is 18.4 Å². The number of hydrazone groups is 1. The minimum Gasteiger partial charge on any atom is -0.497 e. The zero-order valence-corrected chi connectivity index (χ0v) is 15.9. The number of aryl methyl sites for hydroxylation is 1. The number of aromatic amines is 1. The summed E-state index contributed by atoms with van der Waals surface area (Å²) in [4.78, 5) is 24.9. The Morgan fingerprint density at radius 3 is 2.47 bits per heavy atom. The fourth-order valence-corrected chi connectivity index (χ4v) is 2.78. The fraction of sp³-hybridized carbons (Fsp3) is 0.150. The van der Waals surface area contributed by atoms with Crippen molar-refractivity contribution in [3.63, 3.8) is 0 Å². The normalized spacial score (nSPS) is 12.0. The highest BCUT2D eigenvalue weighted by atomic mass is 19.4. The monoisotopic (exact) mass is 418 g/mol. The molecule has 10 heteroatoms. The molecule has 0 bridgehead atoms. The average Bonchev–Trinajstić information content (AvgIpc) is 3.02. The molecule has 0 unspecified atom stereocenters. The lowest BCUT2D eigenvalue weighted by atomic mass is 10.1. The van der Waals surface area contributed by atoms with Crippen molar-refractivity contribution in [3.8, 4) is 11.4 Å². The fourth-order valence-electron chi connectivity index (χ4n) is 2.78. The van der Waals surface area contributed by atoms with Gasteiger partial charge in [-0.25, -0.2) is 10.1 Å². The summed E-state index contributed by atoms with van der Waals surface area (Å²) in [5, 5.41) is 5.85. The number of ether oxygens (including phenoxy) is 1. The van der Waals surface area contributed by atoms with E-state index in [1.807, 2.05) is 5.43 Å². The molecular weight excluding hydrogens is 401 g/mol. The summed E-state index contributed by atoms with van der Waals surface area (Å²) in [5.74, 6) is -0.526. The first-order chi connectivity index (χ1) is 14.2. The number of hydrogen-bond donors (Lipinski definition) is 2. The first kappa shape index (κ1) is 20.9. The molecule has 156 valence electrons. The van der Waals surface area contributed by atoms with E-state index in [-0.39, 0.29) is 11.3 Å². The maximum Gasteiger partial charge on any atom is 0.435 e. The van der Waals surface area contributed by atoms with Crippen LogP contribution in [-0.4, -0.2) is 34.7 Å². The first-order valence-corrected chi connectivity index (χ1v) is 8.69. The molecule has 3 rings (SSSR count). The lowest BCUT2D eigenvalue weighted by Gasteiger charge is -2.10. The molecule has 0 aliphatic heterocycles. The van der Waals surface area contributed by atoms with E-state index in [9.17, 15) is 22.8 Å². The third-order valence-corrected chi connectivity index (χ3v) is 4.19. The number of carbonyl (C=O) groups is 1. The number of methoxy groups -OCH3 is 1. The lowest BCUT2D eigenvalue weighted by Crippen LogP contribution is -2.33. The Bertz CT molecular complexity index is 1150. The Morgan fingerprint density at radius 2 is 1.83 bits per heavy atom. The van der Waals surface area contributed by atoms with Gasteiger partial charge < -0.3 is 4.74 Å². The van der Waals surface area contributed by atoms with Crippen LogP contribution in [0.4, 0.5) is 13.2 Å². The topological polar surface area (TPSA) is 88.5 Å². The minimum absolute atomic E-state index is 0.0458. The van der Waals surface area contributed by atoms with E-state index in [2.05, 4.69) is 10.2 Å². The van der Waals surface area contributed by atoms with Gasteiger partial charge in [0.15, 0.2) is 5.71 Å². The van der Waals surface area contributed by atoms with Crippen LogP contribution in [0.5, 0.6) is 5.75 Å². The number of benzene rings is 2. The van der Waals surface area contributed by atoms with Crippen molar-refractivity contribution in [1.82, 2.24) is 15.2 Å². The summed E-state index contributed by atoms with van der Waals surface area (Å²) in [5.41, 5.74) is -0.897. The zero-order valence-electron chi connectivity index (χ0n) is 15.9. The number of amides is 1. The van der Waals surface area contributed by atoms with Crippen molar-refractivity contribution >= 4 is 11.6 Å². The number of hydrogen-bond acceptors (Lipinski definition) is 4. The molecule has 1 aromatic heterocycles. The van der Waals surface area contributed by atoms with E-state index in [0.29, 0.717) is 11.4 Å². The summed E-state index contributed by atoms with van der Waals surface area (Å²) in [6, 6.07) is 14.0. The molecule has 2 N–H and O–H groups in total. The number of carbonyl (C=O) groups excluding carboxylic acids is 1. The predicted octanol–water partition coefficient (Wildman–Crippen LogP) is 3.18. The van der Waals surface area contributed by atoms with Crippen LogP contribution < -0.4 is 15.7 Å². The van der Waals surface area contributed by atoms with Gasteiger partial charge in [-0.15, -0.1) is 0 Å². The van der Waals surface area contributed by atoms with Gasteiger partial charge in [0.1, 0.15) is 5.75 Å². The van der Waals surface area contributed by atoms with Crippen molar-refractivity contribution in [3.05, 3.63) is 81.8 Å². The Kier molecular flexibility index (Phi) is 5.77. The van der Waals surface area contributed by atoms with Crippen LogP contribution in [0.3, 0.4) is 0 Å². The number of halogens is 3. The molecule has 0 aliphatic rings. The number of para-hydroxylation sites is 1. The van der Waals surface area contributed by atoms with Crippen LogP contribution in [0.25, 0.3) is 5.69 Å². The highest BCUT2D eigenvalue weighted by Gasteiger charge is 2.41. The van der Waals surface area contributed by atoms with Crippen LogP contribution in [0.2, 0.25) is 0 Å². The minimum atomic E-state index is -4.98. The lowest BCUT2D eigenvalue weighted by molar-refractivity contribution is -0.0584. The van der Waals surface area contributed by atoms with Gasteiger partial charge in [0.25, 0.3) is 11.5 Å². The Morgan fingerprint density at radius 1 is 1.13 bits per heavy atom. The third kappa shape index (κ3) is 4.27. The summed E-state index contributed by atoms with van der Waals surface area (Å²) < 4.78 is 47.0. The summed E-state index contributed by atoms with van der Waals surface area (Å²) >= 11 is 0. The molecule has 7 nitrogen and oxygen atoms in total. The molecule has 0 spiro atoms. The van der Waals surface area contributed by atoms with Gasteiger partial charge in [0, 0.05) is 11.3 Å². The van der Waals surface area contributed by atoms with Crippen LogP contribution >= 0.6 is 0 Å². The van der Waals surface area contributed by atoms with Gasteiger partial charge in [-0.2, -0.15) is 18.3 Å². The quantitative estimate of drug-likeness (QED) is 0.493. The number of rotatable bonds is 5. The first-order valence-electron chi connectivity index (χ1n) is 8.69. The molecule has 0 atom stereocenters. The largest absolute Gasteiger partial charge is 0.497 e. The Hall–Kier alpha value is -3.82. The molecule has 0 fully saturated rings. The number of nitrogens with zero attached hydrogens (tertiary/aromatic N) is 2. The van der Waals surface area contributed by atoms with E-state index < -0.39 is 28.9 Å². The second-order valence-electron chi connectivity index (χ2n) is 6.22. The molecule has 30 heavy (non-hydrogen) atoms. The molecule has 0 radical (unpaired) electrons. The highest BCUT2D eigenvalue weighted by molar-refractivity contribution is 6.06. The third-order valence-electron chi connectivity index (χ3n) is 4.19. The van der Waals surface area contributed by atoms with Gasteiger partial charge in [0.2, 0.25) is 0 Å². The van der Waals surface area contributed by atoms with Crippen molar-refractivity contribution in [2.24, 2.45) is 5.10 Å².